The van der Waals surface area contributed by atoms with Gasteiger partial charge in [0.05, 0.1) is 6.61 Å². The molecule has 0 fully saturated rings. The van der Waals surface area contributed by atoms with Gasteiger partial charge >= 0.3 is 0 Å². The zero-order chi connectivity index (χ0) is 13.6. The molecule has 0 spiro atoms. The molecule has 0 radical (unpaired) electrons. The number of aliphatic hydroxyl groups excluding tert-OH is 1. The minimum absolute atomic E-state index is 0.131. The van der Waals surface area contributed by atoms with Gasteiger partial charge in [-0.2, -0.15) is 0 Å². The average molecular weight is 269 g/mol. The van der Waals surface area contributed by atoms with E-state index in [1.54, 1.807) is 24.2 Å². The molecule has 5 heteroatoms. The van der Waals surface area contributed by atoms with E-state index in [1.807, 2.05) is 6.07 Å². The van der Waals surface area contributed by atoms with E-state index >= 15 is 0 Å². The van der Waals surface area contributed by atoms with Crippen LogP contribution in [-0.4, -0.2) is 38.5 Å². The summed E-state index contributed by atoms with van der Waals surface area (Å²) in [7, 11) is 0. The Balaban J connectivity index is 2.54. The maximum atomic E-state index is 9.55. The van der Waals surface area contributed by atoms with Crippen LogP contribution in [0.1, 0.15) is 34.1 Å². The Morgan fingerprint density at radius 3 is 2.44 bits per heavy atom. The van der Waals surface area contributed by atoms with Crippen LogP contribution in [0, 0.1) is 0 Å². The van der Waals surface area contributed by atoms with Crippen LogP contribution in [0.2, 0.25) is 0 Å². The molecule has 0 saturated heterocycles. The molecule has 0 saturated carbocycles. The molecule has 0 aliphatic carbocycles. The summed E-state index contributed by atoms with van der Waals surface area (Å²) in [6.07, 6.45) is 4.37. The molecule has 1 rings (SSSR count). The first-order chi connectivity index (χ1) is 8.45. The molecule has 2 N–H and O–H groups in total. The number of hydrogen-bond acceptors (Lipinski definition) is 5. The second-order valence-electron chi connectivity index (χ2n) is 5.18. The van der Waals surface area contributed by atoms with Gasteiger partial charge in [-0.15, -0.1) is 0 Å². The molecular formula is C13H23N3OS. The van der Waals surface area contributed by atoms with Crippen molar-refractivity contribution < 1.29 is 5.11 Å². The number of aromatic nitrogens is 2. The summed E-state index contributed by atoms with van der Waals surface area (Å²) in [5.74, 6) is 0. The van der Waals surface area contributed by atoms with Gasteiger partial charge in [-0.3, -0.25) is 0 Å². The van der Waals surface area contributed by atoms with Gasteiger partial charge in [-0.25, -0.2) is 9.97 Å². The van der Waals surface area contributed by atoms with Crippen molar-refractivity contribution in [1.29, 1.82) is 0 Å². The average Bonchev–Trinajstić information content (AvgIpc) is 2.28. The molecule has 2 unspecified atom stereocenters. The number of hydrogen-bond donors (Lipinski definition) is 2. The van der Waals surface area contributed by atoms with Crippen LogP contribution >= 0.6 is 11.8 Å². The third kappa shape index (κ3) is 5.33. The van der Waals surface area contributed by atoms with Crippen LogP contribution in [0.4, 0.5) is 0 Å². The molecule has 0 aliphatic rings. The number of thioether (sulfide) groups is 1. The highest BCUT2D eigenvalue weighted by molar-refractivity contribution is 7.99. The maximum absolute atomic E-state index is 9.55. The van der Waals surface area contributed by atoms with E-state index in [1.165, 1.54) is 0 Å². The van der Waals surface area contributed by atoms with Crippen molar-refractivity contribution in [3.63, 3.8) is 0 Å². The molecule has 0 aromatic carbocycles. The Bertz CT molecular complexity index is 347. The van der Waals surface area contributed by atoms with Gasteiger partial charge in [0.25, 0.3) is 0 Å². The molecule has 102 valence electrons. The van der Waals surface area contributed by atoms with Crippen molar-refractivity contribution in [2.45, 2.75) is 56.1 Å². The molecule has 1 aromatic rings. The van der Waals surface area contributed by atoms with E-state index in [-0.39, 0.29) is 12.1 Å². The predicted molar refractivity (Wildman–Crippen MR) is 75.7 cm³/mol. The van der Waals surface area contributed by atoms with Crippen LogP contribution in [0.25, 0.3) is 0 Å². The lowest BCUT2D eigenvalue weighted by Gasteiger charge is -2.33. The number of aliphatic hydroxyl groups is 1. The van der Waals surface area contributed by atoms with Crippen molar-refractivity contribution in [3.05, 3.63) is 18.5 Å². The normalized spacial score (nSPS) is 16.6. The minimum atomic E-state index is -0.255. The van der Waals surface area contributed by atoms with Gasteiger partial charge in [0.1, 0.15) is 0 Å². The van der Waals surface area contributed by atoms with Crippen molar-refractivity contribution in [3.8, 4) is 0 Å². The fourth-order valence-electron chi connectivity index (χ4n) is 2.07. The summed E-state index contributed by atoms with van der Waals surface area (Å²) in [5.41, 5.74) is -0.255. The molecule has 18 heavy (non-hydrogen) atoms. The zero-order valence-electron chi connectivity index (χ0n) is 11.6. The Labute approximate surface area is 114 Å². The molecule has 4 nitrogen and oxygen atoms in total. The summed E-state index contributed by atoms with van der Waals surface area (Å²) >= 11 is 1.64. The summed E-state index contributed by atoms with van der Waals surface area (Å²) < 4.78 is 0. The highest BCUT2D eigenvalue weighted by atomic mass is 32.2. The fourth-order valence-corrected chi connectivity index (χ4v) is 3.12. The zero-order valence-corrected chi connectivity index (χ0v) is 12.4. The van der Waals surface area contributed by atoms with E-state index in [2.05, 4.69) is 43.0 Å². The number of nitrogens with zero attached hydrogens (tertiary/aromatic N) is 2. The van der Waals surface area contributed by atoms with Gasteiger partial charge in [0, 0.05) is 29.2 Å². The third-order valence-corrected chi connectivity index (χ3v) is 3.56. The van der Waals surface area contributed by atoms with Gasteiger partial charge in [0.15, 0.2) is 5.16 Å². The van der Waals surface area contributed by atoms with E-state index in [0.717, 1.165) is 11.6 Å². The first kappa shape index (κ1) is 15.4. The second kappa shape index (κ2) is 7.07. The Hall–Kier alpha value is -0.650. The van der Waals surface area contributed by atoms with Gasteiger partial charge in [-0.1, -0.05) is 32.5 Å². The standard InChI is InChI=1S/C13H23N3OS/c1-10(2)16-13(4,9-17)8-11(3)18-12-14-6-5-7-15-12/h5-7,10-11,16-17H,8-9H2,1-4H3. The minimum Gasteiger partial charge on any atom is -0.394 e. The smallest absolute Gasteiger partial charge is 0.187 e. The summed E-state index contributed by atoms with van der Waals surface area (Å²) in [5, 5.41) is 14.1. The van der Waals surface area contributed by atoms with E-state index in [0.29, 0.717) is 11.3 Å². The molecular weight excluding hydrogens is 246 g/mol. The highest BCUT2D eigenvalue weighted by Gasteiger charge is 2.27. The lowest BCUT2D eigenvalue weighted by atomic mass is 9.96. The van der Waals surface area contributed by atoms with Crippen LogP contribution in [-0.2, 0) is 0 Å². The molecule has 0 aliphatic heterocycles. The fraction of sp³-hybridized carbons (Fsp3) is 0.692. The number of rotatable bonds is 7. The van der Waals surface area contributed by atoms with Crippen molar-refractivity contribution >= 4 is 11.8 Å². The summed E-state index contributed by atoms with van der Waals surface area (Å²) in [6, 6.07) is 2.17. The molecule has 0 amide bonds. The SMILES string of the molecule is CC(C)NC(C)(CO)CC(C)Sc1ncccn1. The Kier molecular flexibility index (Phi) is 6.05. The van der Waals surface area contributed by atoms with E-state index in [9.17, 15) is 5.11 Å². The quantitative estimate of drug-likeness (QED) is 0.586. The monoisotopic (exact) mass is 269 g/mol. The Morgan fingerprint density at radius 2 is 1.94 bits per heavy atom. The Morgan fingerprint density at radius 1 is 1.33 bits per heavy atom. The lowest BCUT2D eigenvalue weighted by Crippen LogP contribution is -2.50. The molecule has 1 heterocycles. The molecule has 1 aromatic heterocycles. The van der Waals surface area contributed by atoms with E-state index < -0.39 is 0 Å². The van der Waals surface area contributed by atoms with E-state index in [4.69, 9.17) is 0 Å². The molecule has 2 atom stereocenters. The third-order valence-electron chi connectivity index (χ3n) is 2.57. The number of nitrogens with one attached hydrogen (secondary N) is 1. The van der Waals surface area contributed by atoms with Crippen molar-refractivity contribution in [1.82, 2.24) is 15.3 Å². The first-order valence-electron chi connectivity index (χ1n) is 6.27. The van der Waals surface area contributed by atoms with Crippen LogP contribution < -0.4 is 5.32 Å². The first-order valence-corrected chi connectivity index (χ1v) is 7.15. The van der Waals surface area contributed by atoms with Gasteiger partial charge in [0.2, 0.25) is 0 Å². The van der Waals surface area contributed by atoms with Crippen LogP contribution in [0.3, 0.4) is 0 Å². The second-order valence-corrected chi connectivity index (χ2v) is 6.59. The highest BCUT2D eigenvalue weighted by Crippen LogP contribution is 2.26. The summed E-state index contributed by atoms with van der Waals surface area (Å²) in [6.45, 7) is 8.50. The summed E-state index contributed by atoms with van der Waals surface area (Å²) in [4.78, 5) is 8.41. The van der Waals surface area contributed by atoms with Gasteiger partial charge < -0.3 is 10.4 Å². The molecule has 0 bridgehead atoms. The van der Waals surface area contributed by atoms with Crippen molar-refractivity contribution in [2.24, 2.45) is 0 Å². The van der Waals surface area contributed by atoms with Gasteiger partial charge in [-0.05, 0) is 19.4 Å². The van der Waals surface area contributed by atoms with Crippen LogP contribution in [0.15, 0.2) is 23.6 Å². The lowest BCUT2D eigenvalue weighted by molar-refractivity contribution is 0.157. The van der Waals surface area contributed by atoms with Crippen LogP contribution in [0.5, 0.6) is 0 Å². The topological polar surface area (TPSA) is 58.0 Å². The van der Waals surface area contributed by atoms with Crippen molar-refractivity contribution in [2.75, 3.05) is 6.61 Å². The maximum Gasteiger partial charge on any atom is 0.187 e. The predicted octanol–water partition coefficient (Wildman–Crippen LogP) is 2.10. The largest absolute Gasteiger partial charge is 0.394 e.